The number of nitrogens with two attached hydrogens (primary N) is 1. The first-order chi connectivity index (χ1) is 8.70. The molecule has 2 atom stereocenters. The fourth-order valence-electron chi connectivity index (χ4n) is 1.70. The van der Waals surface area contributed by atoms with Crippen LogP contribution in [0.1, 0.15) is 23.5 Å². The minimum atomic E-state index is 0.181. The van der Waals surface area contributed by atoms with Gasteiger partial charge in [0.1, 0.15) is 0 Å². The Hall–Kier alpha value is -0.290. The molecule has 0 bridgehead atoms. The predicted molar refractivity (Wildman–Crippen MR) is 85.3 cm³/mol. The Kier molecular flexibility index (Phi) is 5.30. The predicted octanol–water partition coefficient (Wildman–Crippen LogP) is 5.08. The number of rotatable bonds is 5. The first-order valence-electron chi connectivity index (χ1n) is 5.93. The first kappa shape index (κ1) is 14.1. The van der Waals surface area contributed by atoms with Crippen molar-refractivity contribution in [2.75, 3.05) is 0 Å². The Morgan fingerprint density at radius 3 is 2.50 bits per heavy atom. The van der Waals surface area contributed by atoms with Gasteiger partial charge in [0.2, 0.25) is 0 Å². The molecule has 96 valence electrons. The van der Waals surface area contributed by atoms with E-state index < -0.39 is 0 Å². The zero-order chi connectivity index (χ0) is 13.0. The van der Waals surface area contributed by atoms with Crippen LogP contribution in [0.4, 0.5) is 0 Å². The molecule has 0 spiro atoms. The van der Waals surface area contributed by atoms with Crippen molar-refractivity contribution >= 4 is 39.0 Å². The van der Waals surface area contributed by atoms with Crippen molar-refractivity contribution in [3.05, 3.63) is 51.1 Å². The fourth-order valence-corrected chi connectivity index (χ4v) is 4.64. The van der Waals surface area contributed by atoms with Gasteiger partial charge >= 0.3 is 0 Å². The molecule has 4 heteroatoms. The van der Waals surface area contributed by atoms with Crippen molar-refractivity contribution in [2.45, 2.75) is 29.5 Å². The molecule has 18 heavy (non-hydrogen) atoms. The lowest BCUT2D eigenvalue weighted by Gasteiger charge is -2.21. The van der Waals surface area contributed by atoms with E-state index in [9.17, 15) is 0 Å². The highest BCUT2D eigenvalue weighted by molar-refractivity contribution is 9.11. The van der Waals surface area contributed by atoms with Gasteiger partial charge in [-0.25, -0.2) is 0 Å². The summed E-state index contributed by atoms with van der Waals surface area (Å²) in [5.41, 5.74) is 6.28. The summed E-state index contributed by atoms with van der Waals surface area (Å²) < 4.78 is 1.17. The molecular formula is C14H16BrNS2. The van der Waals surface area contributed by atoms with Crippen LogP contribution in [-0.2, 0) is 0 Å². The molecule has 1 aromatic heterocycles. The van der Waals surface area contributed by atoms with E-state index in [0.29, 0.717) is 5.25 Å². The maximum atomic E-state index is 6.28. The largest absolute Gasteiger partial charge is 0.326 e. The average molecular weight is 342 g/mol. The van der Waals surface area contributed by atoms with E-state index in [0.717, 1.165) is 6.42 Å². The Labute approximate surface area is 125 Å². The van der Waals surface area contributed by atoms with Gasteiger partial charge in [-0.2, -0.15) is 0 Å². The minimum Gasteiger partial charge on any atom is -0.326 e. The molecule has 0 fully saturated rings. The van der Waals surface area contributed by atoms with Gasteiger partial charge in [-0.05, 0) is 46.6 Å². The van der Waals surface area contributed by atoms with Gasteiger partial charge < -0.3 is 5.73 Å². The number of thioether (sulfide) groups is 1. The van der Waals surface area contributed by atoms with Crippen LogP contribution in [0, 0.1) is 0 Å². The van der Waals surface area contributed by atoms with Crippen LogP contribution >= 0.6 is 39.0 Å². The summed E-state index contributed by atoms with van der Waals surface area (Å²) in [6, 6.07) is 14.9. The first-order valence-corrected chi connectivity index (χ1v) is 8.42. The van der Waals surface area contributed by atoms with Crippen LogP contribution in [0.25, 0.3) is 0 Å². The third-order valence-electron chi connectivity index (χ3n) is 2.74. The molecule has 2 rings (SSSR count). The summed E-state index contributed by atoms with van der Waals surface area (Å²) in [6.07, 6.45) is 0.986. The maximum Gasteiger partial charge on any atom is 0.0701 e. The number of hydrogen-bond donors (Lipinski definition) is 1. The molecule has 0 aliphatic carbocycles. The van der Waals surface area contributed by atoms with Crippen molar-refractivity contribution in [1.82, 2.24) is 0 Å². The Morgan fingerprint density at radius 2 is 1.94 bits per heavy atom. The summed E-state index contributed by atoms with van der Waals surface area (Å²) in [5.74, 6) is 0. The van der Waals surface area contributed by atoms with Crippen LogP contribution in [0.15, 0.2) is 51.1 Å². The highest BCUT2D eigenvalue weighted by atomic mass is 79.9. The van der Waals surface area contributed by atoms with Gasteiger partial charge in [-0.1, -0.05) is 25.1 Å². The van der Waals surface area contributed by atoms with Gasteiger partial charge in [0, 0.05) is 15.8 Å². The van der Waals surface area contributed by atoms with Gasteiger partial charge in [-0.15, -0.1) is 23.1 Å². The average Bonchev–Trinajstić information content (AvgIpc) is 2.83. The van der Waals surface area contributed by atoms with E-state index in [4.69, 9.17) is 5.73 Å². The monoisotopic (exact) mass is 341 g/mol. The van der Waals surface area contributed by atoms with Crippen molar-refractivity contribution < 1.29 is 0 Å². The second-order valence-corrected chi connectivity index (χ2v) is 7.78. The smallest absolute Gasteiger partial charge is 0.0701 e. The lowest BCUT2D eigenvalue weighted by atomic mass is 10.1. The van der Waals surface area contributed by atoms with E-state index in [1.807, 2.05) is 17.8 Å². The normalized spacial score (nSPS) is 14.4. The molecule has 2 unspecified atom stereocenters. The molecular weight excluding hydrogens is 326 g/mol. The summed E-state index contributed by atoms with van der Waals surface area (Å²) in [4.78, 5) is 2.61. The van der Waals surface area contributed by atoms with Gasteiger partial charge in [-0.3, -0.25) is 0 Å². The molecule has 0 saturated carbocycles. The second-order valence-electron chi connectivity index (χ2n) is 4.07. The third kappa shape index (κ3) is 3.60. The highest BCUT2D eigenvalue weighted by Crippen LogP contribution is 2.41. The maximum absolute atomic E-state index is 6.28. The van der Waals surface area contributed by atoms with Crippen molar-refractivity contribution in [3.8, 4) is 0 Å². The zero-order valence-corrected chi connectivity index (χ0v) is 13.4. The molecule has 1 aromatic carbocycles. The standard InChI is InChI=1S/C14H16BrNS2/c1-2-11(16)14(12-8-9-13(15)18-12)17-10-6-4-3-5-7-10/h3-9,11,14H,2,16H2,1H3. The van der Waals surface area contributed by atoms with Crippen molar-refractivity contribution in [2.24, 2.45) is 5.73 Å². The van der Waals surface area contributed by atoms with Gasteiger partial charge in [0.25, 0.3) is 0 Å². The van der Waals surface area contributed by atoms with E-state index in [2.05, 4.69) is 59.3 Å². The third-order valence-corrected chi connectivity index (χ3v) is 6.00. The molecule has 0 saturated heterocycles. The topological polar surface area (TPSA) is 26.0 Å². The Morgan fingerprint density at radius 1 is 1.22 bits per heavy atom. The molecule has 0 aliphatic rings. The van der Waals surface area contributed by atoms with Crippen LogP contribution in [0.3, 0.4) is 0 Å². The number of halogens is 1. The number of benzene rings is 1. The molecule has 1 heterocycles. The van der Waals surface area contributed by atoms with E-state index in [1.165, 1.54) is 13.6 Å². The SMILES string of the molecule is CCC(N)C(Sc1ccccc1)c1ccc(Br)s1. The van der Waals surface area contributed by atoms with Crippen LogP contribution in [0.2, 0.25) is 0 Å². The molecule has 0 amide bonds. The Balaban J connectivity index is 2.21. The molecule has 0 aliphatic heterocycles. The lowest BCUT2D eigenvalue weighted by molar-refractivity contribution is 0.640. The van der Waals surface area contributed by atoms with E-state index in [1.54, 1.807) is 11.3 Å². The van der Waals surface area contributed by atoms with Crippen molar-refractivity contribution in [3.63, 3.8) is 0 Å². The van der Waals surface area contributed by atoms with E-state index in [-0.39, 0.29) is 6.04 Å². The quantitative estimate of drug-likeness (QED) is 0.767. The minimum absolute atomic E-state index is 0.181. The van der Waals surface area contributed by atoms with Crippen LogP contribution in [0.5, 0.6) is 0 Å². The summed E-state index contributed by atoms with van der Waals surface area (Å²) in [5, 5.41) is 0.328. The zero-order valence-electron chi connectivity index (χ0n) is 10.2. The molecule has 2 aromatic rings. The van der Waals surface area contributed by atoms with Crippen LogP contribution in [-0.4, -0.2) is 6.04 Å². The second kappa shape index (κ2) is 6.75. The van der Waals surface area contributed by atoms with E-state index >= 15 is 0 Å². The highest BCUT2D eigenvalue weighted by Gasteiger charge is 2.21. The van der Waals surface area contributed by atoms with Crippen LogP contribution < -0.4 is 5.73 Å². The molecule has 0 radical (unpaired) electrons. The number of hydrogen-bond acceptors (Lipinski definition) is 3. The summed E-state index contributed by atoms with van der Waals surface area (Å²) in [7, 11) is 0. The fraction of sp³-hybridized carbons (Fsp3) is 0.286. The molecule has 2 N–H and O–H groups in total. The lowest BCUT2D eigenvalue weighted by Crippen LogP contribution is -2.25. The summed E-state index contributed by atoms with van der Waals surface area (Å²) >= 11 is 7.15. The van der Waals surface area contributed by atoms with Gasteiger partial charge in [0.15, 0.2) is 0 Å². The number of thiophene rings is 1. The molecule has 1 nitrogen and oxygen atoms in total. The van der Waals surface area contributed by atoms with Gasteiger partial charge in [0.05, 0.1) is 9.04 Å². The Bertz CT molecular complexity index is 484. The summed E-state index contributed by atoms with van der Waals surface area (Å²) in [6.45, 7) is 2.14. The van der Waals surface area contributed by atoms with Crippen molar-refractivity contribution in [1.29, 1.82) is 0 Å².